The van der Waals surface area contributed by atoms with Gasteiger partial charge in [0.1, 0.15) is 0 Å². The summed E-state index contributed by atoms with van der Waals surface area (Å²) in [5.74, 6) is -0.558. The van der Waals surface area contributed by atoms with Gasteiger partial charge in [-0.05, 0) is 12.8 Å². The van der Waals surface area contributed by atoms with Gasteiger partial charge in [-0.2, -0.15) is 0 Å². The number of rotatable bonds is 27. The van der Waals surface area contributed by atoms with Gasteiger partial charge in [0.05, 0.1) is 26.1 Å². The molecule has 0 spiro atoms. The van der Waals surface area contributed by atoms with Gasteiger partial charge in [0.15, 0.2) is 0 Å². The summed E-state index contributed by atoms with van der Waals surface area (Å²) >= 11 is 0. The third-order valence-electron chi connectivity index (χ3n) is 6.56. The zero-order valence-corrected chi connectivity index (χ0v) is 26.0. The van der Waals surface area contributed by atoms with E-state index >= 15 is 0 Å². The van der Waals surface area contributed by atoms with Gasteiger partial charge in [0.2, 0.25) is 0 Å². The van der Waals surface area contributed by atoms with Crippen LogP contribution in [0.15, 0.2) is 0 Å². The molecule has 0 amide bonds. The van der Waals surface area contributed by atoms with Gasteiger partial charge in [-0.25, -0.2) is 0 Å². The van der Waals surface area contributed by atoms with E-state index < -0.39 is 0 Å². The van der Waals surface area contributed by atoms with E-state index in [1.165, 1.54) is 116 Å². The predicted molar refractivity (Wildman–Crippen MR) is 150 cm³/mol. The van der Waals surface area contributed by atoms with Crippen LogP contribution in [-0.4, -0.2) is 54.7 Å². The Morgan fingerprint density at radius 3 is 0.886 bits per heavy atom. The molecule has 0 fully saturated rings. The molecule has 0 aliphatic heterocycles. The Morgan fingerprint density at radius 2 is 0.629 bits per heavy atom. The summed E-state index contributed by atoms with van der Waals surface area (Å²) in [5.41, 5.74) is 0. The monoisotopic (exact) mass is 505 g/mol. The van der Waals surface area contributed by atoms with E-state index in [0.717, 1.165) is 25.7 Å². The molecule has 0 saturated heterocycles. The molecule has 1 radical (unpaired) electrons. The number of ether oxygens (including phenoxy) is 2. The Balaban J connectivity index is 0. The van der Waals surface area contributed by atoms with E-state index in [1.807, 2.05) is 0 Å². The van der Waals surface area contributed by atoms with E-state index in [1.54, 1.807) is 0 Å². The summed E-state index contributed by atoms with van der Waals surface area (Å²) < 4.78 is 10.5. The number of carbonyl (C=O) groups excluding carboxylic acids is 2. The topological polar surface area (TPSA) is 52.6 Å². The molecule has 5 heteroatoms. The van der Waals surface area contributed by atoms with E-state index in [-0.39, 0.29) is 54.3 Å². The first kappa shape index (κ1) is 37.1. The van der Waals surface area contributed by atoms with Crippen molar-refractivity contribution in [1.82, 2.24) is 0 Å². The molecule has 4 nitrogen and oxygen atoms in total. The molecule has 0 unspecified atom stereocenters. The molecule has 35 heavy (non-hydrogen) atoms. The molecule has 0 bridgehead atoms. The Bertz CT molecular complexity index is 402. The average molecular weight is 506 g/mol. The van der Waals surface area contributed by atoms with E-state index in [0.29, 0.717) is 13.2 Å². The van der Waals surface area contributed by atoms with Gasteiger partial charge in [-0.1, -0.05) is 142 Å². The van der Waals surface area contributed by atoms with Crippen LogP contribution in [0.1, 0.15) is 168 Å². The molecule has 0 aliphatic carbocycles. The molecule has 0 aromatic carbocycles. The number of unbranched alkanes of at least 4 members (excludes halogenated alkanes) is 20. The van der Waals surface area contributed by atoms with E-state index in [4.69, 9.17) is 9.47 Å². The third-order valence-corrected chi connectivity index (χ3v) is 6.56. The molecule has 203 valence electrons. The Hall–Kier alpha value is -0.0600. The van der Waals surface area contributed by atoms with Crippen LogP contribution >= 0.6 is 0 Å². The minimum absolute atomic E-state index is 0. The summed E-state index contributed by atoms with van der Waals surface area (Å²) in [6.45, 7) is 5.46. The second kappa shape index (κ2) is 32.0. The molecule has 0 aliphatic rings. The molecule has 0 heterocycles. The van der Waals surface area contributed by atoms with Crippen molar-refractivity contribution in [2.75, 3.05) is 13.2 Å². The predicted octanol–water partition coefficient (Wildman–Crippen LogP) is 9.09. The van der Waals surface area contributed by atoms with Gasteiger partial charge < -0.3 is 9.47 Å². The van der Waals surface area contributed by atoms with Gasteiger partial charge in [0.25, 0.3) is 0 Å². The fourth-order valence-corrected chi connectivity index (χ4v) is 4.25. The van der Waals surface area contributed by atoms with Gasteiger partial charge >= 0.3 is 11.9 Å². The average Bonchev–Trinajstić information content (AvgIpc) is 2.84. The molecule has 0 rings (SSSR count). The summed E-state index contributed by atoms with van der Waals surface area (Å²) in [6, 6.07) is 0. The van der Waals surface area contributed by atoms with Crippen LogP contribution in [0.25, 0.3) is 0 Å². The first-order valence-electron chi connectivity index (χ1n) is 15.0. The normalized spacial score (nSPS) is 10.7. The van der Waals surface area contributed by atoms with Crippen molar-refractivity contribution in [3.05, 3.63) is 0 Å². The molecular formula is C30H58NaO4. The van der Waals surface area contributed by atoms with Crippen LogP contribution < -0.4 is 0 Å². The van der Waals surface area contributed by atoms with Crippen molar-refractivity contribution in [3.8, 4) is 0 Å². The minimum Gasteiger partial charge on any atom is -0.466 e. The maximum atomic E-state index is 11.8. The number of esters is 2. The van der Waals surface area contributed by atoms with Gasteiger partial charge in [-0.3, -0.25) is 9.59 Å². The maximum absolute atomic E-state index is 11.8. The summed E-state index contributed by atoms with van der Waals surface area (Å²) in [5, 5.41) is 0. The molecule has 0 saturated carbocycles. The minimum atomic E-state index is -0.279. The fourth-order valence-electron chi connectivity index (χ4n) is 4.25. The van der Waals surface area contributed by atoms with Crippen molar-refractivity contribution in [1.29, 1.82) is 0 Å². The largest absolute Gasteiger partial charge is 0.466 e. The van der Waals surface area contributed by atoms with Gasteiger partial charge in [0, 0.05) is 29.6 Å². The quantitative estimate of drug-likeness (QED) is 0.0634. The van der Waals surface area contributed by atoms with Crippen molar-refractivity contribution in [2.24, 2.45) is 0 Å². The standard InChI is InChI=1S/C30H58O4.Na/c1-3-5-7-9-11-13-15-17-19-21-23-27-33-29(31)25-26-30(32)34-28-24-22-20-18-16-14-12-10-8-6-4-2;/h3-28H2,1-2H3;. The number of carbonyl (C=O) groups is 2. The van der Waals surface area contributed by atoms with Gasteiger partial charge in [-0.15, -0.1) is 0 Å². The number of hydrogen-bond donors (Lipinski definition) is 0. The Kier molecular flexibility index (Phi) is 33.9. The van der Waals surface area contributed by atoms with Crippen LogP contribution in [0.3, 0.4) is 0 Å². The van der Waals surface area contributed by atoms with Crippen molar-refractivity contribution in [3.63, 3.8) is 0 Å². The van der Waals surface area contributed by atoms with E-state index in [2.05, 4.69) is 13.8 Å². The van der Waals surface area contributed by atoms with Crippen LogP contribution in [0, 0.1) is 0 Å². The first-order chi connectivity index (χ1) is 16.7. The zero-order valence-electron chi connectivity index (χ0n) is 24.0. The van der Waals surface area contributed by atoms with Crippen LogP contribution in [0.2, 0.25) is 0 Å². The van der Waals surface area contributed by atoms with Crippen molar-refractivity contribution in [2.45, 2.75) is 168 Å². The van der Waals surface area contributed by atoms with Crippen molar-refractivity contribution >= 4 is 41.5 Å². The van der Waals surface area contributed by atoms with Crippen LogP contribution in [0.4, 0.5) is 0 Å². The number of hydrogen-bond acceptors (Lipinski definition) is 4. The Labute approximate surface area is 240 Å². The molecule has 0 aromatic heterocycles. The summed E-state index contributed by atoms with van der Waals surface area (Å²) in [6.07, 6.45) is 28.4. The van der Waals surface area contributed by atoms with Crippen molar-refractivity contribution < 1.29 is 19.1 Å². The van der Waals surface area contributed by atoms with Crippen LogP contribution in [0.5, 0.6) is 0 Å². The summed E-state index contributed by atoms with van der Waals surface area (Å²) in [7, 11) is 0. The fraction of sp³-hybridized carbons (Fsp3) is 0.933. The second-order valence-corrected chi connectivity index (χ2v) is 10.0. The molecule has 0 N–H and O–H groups in total. The van der Waals surface area contributed by atoms with Crippen LogP contribution in [-0.2, 0) is 19.1 Å². The summed E-state index contributed by atoms with van der Waals surface area (Å²) in [4.78, 5) is 23.5. The molecule has 0 atom stereocenters. The first-order valence-corrected chi connectivity index (χ1v) is 15.0. The maximum Gasteiger partial charge on any atom is 0.306 e. The molecular weight excluding hydrogens is 447 g/mol. The second-order valence-electron chi connectivity index (χ2n) is 10.0. The third kappa shape index (κ3) is 31.9. The zero-order chi connectivity index (χ0) is 25.0. The van der Waals surface area contributed by atoms with E-state index in [9.17, 15) is 9.59 Å². The molecule has 0 aromatic rings. The Morgan fingerprint density at radius 1 is 0.400 bits per heavy atom. The smallest absolute Gasteiger partial charge is 0.306 e. The SMILES string of the molecule is CCCCCCCCCCCCCOC(=O)CCC(=O)OCCCCCCCCCCCCC.[Na].